The van der Waals surface area contributed by atoms with Crippen LogP contribution < -0.4 is 0 Å². The molecule has 0 saturated heterocycles. The van der Waals surface area contributed by atoms with Gasteiger partial charge in [0.25, 0.3) is 0 Å². The van der Waals surface area contributed by atoms with Crippen LogP contribution in [-0.4, -0.2) is 28.6 Å². The van der Waals surface area contributed by atoms with Gasteiger partial charge in [-0.2, -0.15) is 0 Å². The Labute approximate surface area is 116 Å². The second kappa shape index (κ2) is 4.82. The third-order valence-electron chi connectivity index (χ3n) is 5.01. The molecule has 2 aliphatic rings. The van der Waals surface area contributed by atoms with E-state index < -0.39 is 0 Å². The zero-order chi connectivity index (χ0) is 13.5. The molecule has 2 nitrogen and oxygen atoms in total. The fourth-order valence-electron chi connectivity index (χ4n) is 4.12. The van der Waals surface area contributed by atoms with Gasteiger partial charge in [-0.05, 0) is 56.8 Å². The topological polar surface area (TPSA) is 23.5 Å². The van der Waals surface area contributed by atoms with Crippen LogP contribution >= 0.6 is 0 Å². The molecule has 2 aliphatic carbocycles. The largest absolute Gasteiger partial charge is 0.508 e. The molecule has 0 aromatic heterocycles. The maximum absolute atomic E-state index is 10.2. The fourth-order valence-corrected chi connectivity index (χ4v) is 4.12. The van der Waals surface area contributed by atoms with Gasteiger partial charge in [0.05, 0.1) is 0 Å². The van der Waals surface area contributed by atoms with E-state index in [4.69, 9.17) is 0 Å². The highest BCUT2D eigenvalue weighted by Crippen LogP contribution is 2.63. The van der Waals surface area contributed by atoms with Gasteiger partial charge in [0.15, 0.2) is 0 Å². The van der Waals surface area contributed by atoms with Gasteiger partial charge in [-0.25, -0.2) is 0 Å². The van der Waals surface area contributed by atoms with E-state index in [0.717, 1.165) is 6.42 Å². The van der Waals surface area contributed by atoms with Crippen molar-refractivity contribution >= 4 is 0 Å². The average molecular weight is 259 g/mol. The molecule has 1 aromatic rings. The number of nitrogens with zero attached hydrogens (tertiary/aromatic N) is 1. The second-order valence-electron chi connectivity index (χ2n) is 6.20. The highest BCUT2D eigenvalue weighted by atomic mass is 16.3. The predicted molar refractivity (Wildman–Crippen MR) is 78.7 cm³/mol. The molecule has 0 radical (unpaired) electrons. The summed E-state index contributed by atoms with van der Waals surface area (Å²) in [6, 6.07) is 6.04. The normalized spacial score (nSPS) is 28.1. The minimum absolute atomic E-state index is 0.373. The summed E-state index contributed by atoms with van der Waals surface area (Å²) in [4.78, 5) is 2.70. The molecule has 19 heavy (non-hydrogen) atoms. The number of fused-ring (bicyclic) bond motifs is 3. The van der Waals surface area contributed by atoms with E-state index in [0.29, 0.717) is 17.2 Å². The number of aromatic hydroxyl groups is 1. The van der Waals surface area contributed by atoms with Crippen molar-refractivity contribution in [3.8, 4) is 5.75 Å². The lowest BCUT2D eigenvalue weighted by molar-refractivity contribution is 0.157. The van der Waals surface area contributed by atoms with Crippen LogP contribution in [0.25, 0.3) is 0 Å². The number of hydrogen-bond acceptors (Lipinski definition) is 2. The molecule has 0 spiro atoms. The van der Waals surface area contributed by atoms with E-state index in [2.05, 4.69) is 24.8 Å². The highest BCUT2D eigenvalue weighted by molar-refractivity contribution is 5.51. The van der Waals surface area contributed by atoms with Crippen LogP contribution in [0.1, 0.15) is 56.6 Å². The Balaban J connectivity index is 1.89. The predicted octanol–water partition coefficient (Wildman–Crippen LogP) is 3.69. The van der Waals surface area contributed by atoms with Crippen LogP contribution in [-0.2, 0) is 6.42 Å². The van der Waals surface area contributed by atoms with Crippen molar-refractivity contribution in [2.75, 3.05) is 13.1 Å². The van der Waals surface area contributed by atoms with Crippen molar-refractivity contribution in [1.82, 2.24) is 4.90 Å². The summed E-state index contributed by atoms with van der Waals surface area (Å²) < 4.78 is 0. The summed E-state index contributed by atoms with van der Waals surface area (Å²) in [6.07, 6.45) is 6.10. The Morgan fingerprint density at radius 3 is 2.68 bits per heavy atom. The monoisotopic (exact) mass is 259 g/mol. The first-order chi connectivity index (χ1) is 9.23. The minimum atomic E-state index is 0.373. The molecule has 2 unspecified atom stereocenters. The van der Waals surface area contributed by atoms with Gasteiger partial charge in [0.2, 0.25) is 0 Å². The van der Waals surface area contributed by atoms with Crippen LogP contribution in [0.5, 0.6) is 5.75 Å². The first-order valence-electron chi connectivity index (χ1n) is 7.78. The Bertz CT molecular complexity index is 464. The zero-order valence-corrected chi connectivity index (χ0v) is 12.2. The zero-order valence-electron chi connectivity index (χ0n) is 12.2. The summed E-state index contributed by atoms with van der Waals surface area (Å²) in [5, 5.41) is 10.2. The SMILES string of the molecule is CCCN(CCC)C12CCc3cccc(O)c3C1C2. The Morgan fingerprint density at radius 2 is 2.00 bits per heavy atom. The number of hydrogen-bond donors (Lipinski definition) is 1. The lowest BCUT2D eigenvalue weighted by atomic mass is 9.86. The van der Waals surface area contributed by atoms with Crippen molar-refractivity contribution < 1.29 is 5.11 Å². The molecule has 2 atom stereocenters. The van der Waals surface area contributed by atoms with Gasteiger partial charge >= 0.3 is 0 Å². The number of phenolic OH excluding ortho intramolecular Hbond substituents is 1. The van der Waals surface area contributed by atoms with Gasteiger partial charge in [-0.15, -0.1) is 0 Å². The van der Waals surface area contributed by atoms with Crippen LogP contribution in [0.2, 0.25) is 0 Å². The first kappa shape index (κ1) is 13.0. The van der Waals surface area contributed by atoms with E-state index in [1.165, 1.54) is 49.9 Å². The molecule has 0 bridgehead atoms. The molecule has 1 saturated carbocycles. The summed E-state index contributed by atoms with van der Waals surface area (Å²) in [7, 11) is 0. The van der Waals surface area contributed by atoms with Gasteiger partial charge in [-0.1, -0.05) is 26.0 Å². The molecule has 1 fully saturated rings. The van der Waals surface area contributed by atoms with E-state index >= 15 is 0 Å². The summed E-state index contributed by atoms with van der Waals surface area (Å²) in [5.74, 6) is 1.10. The molecule has 0 heterocycles. The van der Waals surface area contributed by atoms with Gasteiger partial charge in [0.1, 0.15) is 5.75 Å². The summed E-state index contributed by atoms with van der Waals surface area (Å²) >= 11 is 0. The van der Waals surface area contributed by atoms with Crippen molar-refractivity contribution in [1.29, 1.82) is 0 Å². The Morgan fingerprint density at radius 1 is 1.26 bits per heavy atom. The van der Waals surface area contributed by atoms with Crippen molar-refractivity contribution in [2.24, 2.45) is 0 Å². The quantitative estimate of drug-likeness (QED) is 0.872. The Hall–Kier alpha value is -1.02. The van der Waals surface area contributed by atoms with Gasteiger partial charge in [0, 0.05) is 17.0 Å². The molecule has 2 heteroatoms. The standard InChI is InChI=1S/C17H25NO/c1-3-10-18(11-4-2)17-9-8-13-6-5-7-15(19)16(13)14(17)12-17/h5-7,14,19H,3-4,8-12H2,1-2H3. The molecule has 0 aliphatic heterocycles. The third-order valence-corrected chi connectivity index (χ3v) is 5.01. The Kier molecular flexibility index (Phi) is 3.30. The first-order valence-corrected chi connectivity index (χ1v) is 7.78. The minimum Gasteiger partial charge on any atom is -0.508 e. The van der Waals surface area contributed by atoms with Gasteiger partial charge in [-0.3, -0.25) is 4.90 Å². The number of phenols is 1. The highest BCUT2D eigenvalue weighted by Gasteiger charge is 2.60. The molecule has 1 N–H and O–H groups in total. The smallest absolute Gasteiger partial charge is 0.119 e. The summed E-state index contributed by atoms with van der Waals surface area (Å²) in [5.41, 5.74) is 3.01. The number of rotatable bonds is 5. The molecule has 104 valence electrons. The van der Waals surface area contributed by atoms with E-state index in [1.807, 2.05) is 12.1 Å². The maximum Gasteiger partial charge on any atom is 0.119 e. The summed E-state index contributed by atoms with van der Waals surface area (Å²) in [6.45, 7) is 6.94. The molecular formula is C17H25NO. The van der Waals surface area contributed by atoms with Crippen LogP contribution in [0.4, 0.5) is 0 Å². The van der Waals surface area contributed by atoms with E-state index in [9.17, 15) is 5.11 Å². The van der Waals surface area contributed by atoms with Crippen LogP contribution in [0, 0.1) is 0 Å². The van der Waals surface area contributed by atoms with Crippen molar-refractivity contribution in [3.05, 3.63) is 29.3 Å². The lowest BCUT2D eigenvalue weighted by Gasteiger charge is -2.36. The molecule has 3 rings (SSSR count). The van der Waals surface area contributed by atoms with Crippen LogP contribution in [0.15, 0.2) is 18.2 Å². The maximum atomic E-state index is 10.2. The molecule has 0 amide bonds. The van der Waals surface area contributed by atoms with Crippen LogP contribution in [0.3, 0.4) is 0 Å². The van der Waals surface area contributed by atoms with E-state index in [1.54, 1.807) is 0 Å². The average Bonchev–Trinajstić information content (AvgIpc) is 3.14. The molecular weight excluding hydrogens is 234 g/mol. The lowest BCUT2D eigenvalue weighted by Crippen LogP contribution is -2.41. The van der Waals surface area contributed by atoms with Crippen molar-refractivity contribution in [2.45, 2.75) is 57.4 Å². The van der Waals surface area contributed by atoms with Gasteiger partial charge < -0.3 is 5.11 Å². The number of aryl methyl sites for hydroxylation is 1. The second-order valence-corrected chi connectivity index (χ2v) is 6.20. The van der Waals surface area contributed by atoms with Crippen molar-refractivity contribution in [3.63, 3.8) is 0 Å². The number of benzene rings is 1. The van der Waals surface area contributed by atoms with E-state index in [-0.39, 0.29) is 0 Å². The fraction of sp³-hybridized carbons (Fsp3) is 0.647. The molecule has 1 aromatic carbocycles. The third kappa shape index (κ3) is 1.97.